The number of methoxy groups -OCH3 is 1. The lowest BCUT2D eigenvalue weighted by Crippen LogP contribution is -2.23. The third kappa shape index (κ3) is 3.31. The van der Waals surface area contributed by atoms with Crippen LogP contribution in [0.1, 0.15) is 24.0 Å². The first-order chi connectivity index (χ1) is 11.2. The molecule has 0 fully saturated rings. The largest absolute Gasteiger partial charge is 0.497 e. The Balaban J connectivity index is 1.67. The van der Waals surface area contributed by atoms with E-state index in [4.69, 9.17) is 9.47 Å². The molecule has 1 N–H and O–H groups in total. The Morgan fingerprint density at radius 2 is 2.04 bits per heavy atom. The minimum atomic E-state index is -0.209. The van der Waals surface area contributed by atoms with Crippen molar-refractivity contribution in [2.75, 3.05) is 19.0 Å². The van der Waals surface area contributed by atoms with Crippen LogP contribution < -0.4 is 10.1 Å². The Kier molecular flexibility index (Phi) is 4.51. The summed E-state index contributed by atoms with van der Waals surface area (Å²) in [5.41, 5.74) is 3.19. The van der Waals surface area contributed by atoms with Crippen molar-refractivity contribution in [3.63, 3.8) is 0 Å². The van der Waals surface area contributed by atoms with Crippen LogP contribution in [0, 0.1) is 5.92 Å². The first-order valence-corrected chi connectivity index (χ1v) is 7.81. The van der Waals surface area contributed by atoms with Crippen LogP contribution in [0.25, 0.3) is 0 Å². The van der Waals surface area contributed by atoms with Gasteiger partial charge in [0.05, 0.1) is 13.0 Å². The molecule has 23 heavy (non-hydrogen) atoms. The van der Waals surface area contributed by atoms with E-state index in [-0.39, 0.29) is 17.8 Å². The molecule has 0 aromatic heterocycles. The summed E-state index contributed by atoms with van der Waals surface area (Å²) in [6.07, 6.45) is 0. The van der Waals surface area contributed by atoms with Crippen molar-refractivity contribution < 1.29 is 14.3 Å². The summed E-state index contributed by atoms with van der Waals surface area (Å²) in [5.74, 6) is 0.529. The number of ether oxygens (including phenoxy) is 2. The second-order valence-electron chi connectivity index (χ2n) is 5.82. The first kappa shape index (κ1) is 15.4. The van der Waals surface area contributed by atoms with Gasteiger partial charge in [0.1, 0.15) is 12.4 Å². The van der Waals surface area contributed by atoms with Gasteiger partial charge in [-0.25, -0.2) is 0 Å². The highest BCUT2D eigenvalue weighted by Gasteiger charge is 2.32. The Bertz CT molecular complexity index is 684. The number of carbonyl (C=O) groups is 1. The van der Waals surface area contributed by atoms with Crippen LogP contribution >= 0.6 is 0 Å². The van der Waals surface area contributed by atoms with Crippen LogP contribution in [0.5, 0.6) is 5.75 Å². The van der Waals surface area contributed by atoms with E-state index < -0.39 is 0 Å². The number of esters is 1. The number of carbonyl (C=O) groups excluding carboxylic acids is 1. The highest BCUT2D eigenvalue weighted by Crippen LogP contribution is 2.38. The molecular formula is C19H21NO3. The van der Waals surface area contributed by atoms with Crippen molar-refractivity contribution in [3.8, 4) is 5.75 Å². The lowest BCUT2D eigenvalue weighted by molar-refractivity contribution is -0.149. The number of benzene rings is 2. The van der Waals surface area contributed by atoms with E-state index in [0.29, 0.717) is 6.61 Å². The fourth-order valence-corrected chi connectivity index (χ4v) is 2.94. The molecule has 1 heterocycles. The number of anilines is 1. The summed E-state index contributed by atoms with van der Waals surface area (Å²) in [7, 11) is 1.65. The summed E-state index contributed by atoms with van der Waals surface area (Å²) in [6, 6.07) is 15.7. The molecule has 0 bridgehead atoms. The molecule has 1 aliphatic heterocycles. The van der Waals surface area contributed by atoms with Gasteiger partial charge in [-0.05, 0) is 29.3 Å². The maximum atomic E-state index is 12.4. The van der Waals surface area contributed by atoms with Gasteiger partial charge in [-0.3, -0.25) is 4.79 Å². The molecule has 0 spiro atoms. The van der Waals surface area contributed by atoms with Crippen LogP contribution in [0.4, 0.5) is 5.69 Å². The number of nitrogens with one attached hydrogen (secondary N) is 1. The normalized spacial score (nSPS) is 17.0. The van der Waals surface area contributed by atoms with Crippen LogP contribution in [0.2, 0.25) is 0 Å². The molecule has 2 atom stereocenters. The number of hydrogen-bond acceptors (Lipinski definition) is 4. The van der Waals surface area contributed by atoms with E-state index in [2.05, 4.69) is 5.32 Å². The quantitative estimate of drug-likeness (QED) is 0.857. The summed E-state index contributed by atoms with van der Waals surface area (Å²) in [5, 5.41) is 3.35. The van der Waals surface area contributed by atoms with Crippen molar-refractivity contribution in [2.24, 2.45) is 5.92 Å². The van der Waals surface area contributed by atoms with Crippen molar-refractivity contribution in [1.29, 1.82) is 0 Å². The molecule has 4 nitrogen and oxygen atoms in total. The Hall–Kier alpha value is -2.49. The van der Waals surface area contributed by atoms with Crippen LogP contribution in [-0.2, 0) is 16.1 Å². The summed E-state index contributed by atoms with van der Waals surface area (Å²) in [4.78, 5) is 12.4. The van der Waals surface area contributed by atoms with Gasteiger partial charge in [-0.2, -0.15) is 0 Å². The highest BCUT2D eigenvalue weighted by molar-refractivity contribution is 5.75. The van der Waals surface area contributed by atoms with Crippen molar-refractivity contribution >= 4 is 11.7 Å². The van der Waals surface area contributed by atoms with E-state index in [1.54, 1.807) is 7.11 Å². The molecule has 0 amide bonds. The average molecular weight is 311 g/mol. The fourth-order valence-electron chi connectivity index (χ4n) is 2.94. The minimum absolute atomic E-state index is 0.100. The lowest BCUT2D eigenvalue weighted by atomic mass is 9.89. The molecule has 0 aliphatic carbocycles. The molecule has 3 rings (SSSR count). The number of rotatable bonds is 5. The zero-order valence-electron chi connectivity index (χ0n) is 13.4. The van der Waals surface area contributed by atoms with E-state index in [0.717, 1.165) is 29.1 Å². The molecule has 0 saturated heterocycles. The highest BCUT2D eigenvalue weighted by atomic mass is 16.5. The van der Waals surface area contributed by atoms with E-state index in [9.17, 15) is 4.79 Å². The van der Waals surface area contributed by atoms with Gasteiger partial charge >= 0.3 is 5.97 Å². The topological polar surface area (TPSA) is 47.6 Å². The van der Waals surface area contributed by atoms with E-state index in [1.165, 1.54) is 0 Å². The predicted octanol–water partition coefficient (Wildman–Crippen LogP) is 3.58. The molecule has 0 saturated carbocycles. The Morgan fingerprint density at radius 3 is 2.78 bits per heavy atom. The maximum absolute atomic E-state index is 12.4. The molecule has 2 aromatic carbocycles. The van der Waals surface area contributed by atoms with Crippen molar-refractivity contribution in [1.82, 2.24) is 0 Å². The monoisotopic (exact) mass is 311 g/mol. The van der Waals surface area contributed by atoms with Gasteiger partial charge in [-0.1, -0.05) is 37.3 Å². The number of fused-ring (bicyclic) bond motifs is 1. The van der Waals surface area contributed by atoms with Gasteiger partial charge in [0.25, 0.3) is 0 Å². The second-order valence-corrected chi connectivity index (χ2v) is 5.82. The van der Waals surface area contributed by atoms with Gasteiger partial charge < -0.3 is 14.8 Å². The second kappa shape index (κ2) is 6.73. The van der Waals surface area contributed by atoms with Gasteiger partial charge in [0.2, 0.25) is 0 Å². The Labute approximate surface area is 136 Å². The summed E-state index contributed by atoms with van der Waals surface area (Å²) >= 11 is 0. The third-order valence-corrected chi connectivity index (χ3v) is 4.37. The molecule has 2 aromatic rings. The molecule has 0 radical (unpaired) electrons. The molecule has 2 unspecified atom stereocenters. The van der Waals surface area contributed by atoms with Gasteiger partial charge in [0.15, 0.2) is 0 Å². The van der Waals surface area contributed by atoms with Crippen molar-refractivity contribution in [3.05, 3.63) is 59.7 Å². The van der Waals surface area contributed by atoms with Crippen LogP contribution in [0.15, 0.2) is 48.5 Å². The average Bonchev–Trinajstić information content (AvgIpc) is 3.02. The zero-order valence-corrected chi connectivity index (χ0v) is 13.4. The molecule has 4 heteroatoms. The Morgan fingerprint density at radius 1 is 1.26 bits per heavy atom. The van der Waals surface area contributed by atoms with E-state index in [1.807, 2.05) is 55.5 Å². The number of hydrogen-bond donors (Lipinski definition) is 1. The van der Waals surface area contributed by atoms with E-state index >= 15 is 0 Å². The molecule has 120 valence electrons. The van der Waals surface area contributed by atoms with Crippen molar-refractivity contribution in [2.45, 2.75) is 19.4 Å². The third-order valence-electron chi connectivity index (χ3n) is 4.37. The lowest BCUT2D eigenvalue weighted by Gasteiger charge is -2.18. The zero-order chi connectivity index (χ0) is 16.2. The minimum Gasteiger partial charge on any atom is -0.497 e. The summed E-state index contributed by atoms with van der Waals surface area (Å²) in [6.45, 7) is 2.98. The smallest absolute Gasteiger partial charge is 0.309 e. The predicted molar refractivity (Wildman–Crippen MR) is 89.6 cm³/mol. The SMILES string of the molecule is COc1ccc2c(c1)C(C(C)C(=O)OCc1ccccc1)CN2. The molecule has 1 aliphatic rings. The fraction of sp³-hybridized carbons (Fsp3) is 0.316. The summed E-state index contributed by atoms with van der Waals surface area (Å²) < 4.78 is 10.8. The van der Waals surface area contributed by atoms with Crippen LogP contribution in [-0.4, -0.2) is 19.6 Å². The standard InChI is InChI=1S/C19H21NO3/c1-13(19(21)23-12-14-6-4-3-5-7-14)17-11-20-18-9-8-15(22-2)10-16(17)18/h3-10,13,17,20H,11-12H2,1-2H3. The molecular weight excluding hydrogens is 290 g/mol. The van der Waals surface area contributed by atoms with Gasteiger partial charge in [0, 0.05) is 18.2 Å². The van der Waals surface area contributed by atoms with Gasteiger partial charge in [-0.15, -0.1) is 0 Å². The first-order valence-electron chi connectivity index (χ1n) is 7.81. The van der Waals surface area contributed by atoms with Crippen LogP contribution in [0.3, 0.4) is 0 Å². The maximum Gasteiger partial charge on any atom is 0.309 e.